The zero-order valence-corrected chi connectivity index (χ0v) is 10.7. The monoisotopic (exact) mass is 222 g/mol. The van der Waals surface area contributed by atoms with E-state index >= 15 is 0 Å². The molecular formula is C13H22N2O. The normalized spacial score (nSPS) is 10.8. The van der Waals surface area contributed by atoms with E-state index in [1.54, 1.807) is 0 Å². The second kappa shape index (κ2) is 5.73. The van der Waals surface area contributed by atoms with E-state index in [0.717, 1.165) is 13.0 Å². The van der Waals surface area contributed by atoms with E-state index in [9.17, 15) is 4.79 Å². The summed E-state index contributed by atoms with van der Waals surface area (Å²) < 4.78 is 2.07. The molecule has 0 fully saturated rings. The number of nitrogens with zero attached hydrogens (tertiary/aromatic N) is 2. The van der Waals surface area contributed by atoms with Crippen molar-refractivity contribution in [3.63, 3.8) is 0 Å². The Balaban J connectivity index is 2.72. The first-order valence-electron chi connectivity index (χ1n) is 5.95. The summed E-state index contributed by atoms with van der Waals surface area (Å²) in [5, 5.41) is 0. The zero-order valence-electron chi connectivity index (χ0n) is 10.7. The Morgan fingerprint density at radius 3 is 2.62 bits per heavy atom. The van der Waals surface area contributed by atoms with Gasteiger partial charge in [-0.2, -0.15) is 0 Å². The molecule has 1 aromatic heterocycles. The highest BCUT2D eigenvalue weighted by Crippen LogP contribution is 2.09. The summed E-state index contributed by atoms with van der Waals surface area (Å²) in [7, 11) is 2.01. The quantitative estimate of drug-likeness (QED) is 0.751. The molecular weight excluding hydrogens is 200 g/mol. The third kappa shape index (κ3) is 3.12. The molecule has 0 spiro atoms. The Bertz CT molecular complexity index is 341. The van der Waals surface area contributed by atoms with E-state index in [0.29, 0.717) is 6.54 Å². The van der Waals surface area contributed by atoms with Crippen molar-refractivity contribution in [2.45, 2.75) is 33.7 Å². The van der Waals surface area contributed by atoms with Gasteiger partial charge in [0.05, 0.1) is 6.54 Å². The number of hydrogen-bond acceptors (Lipinski definition) is 1. The molecule has 0 saturated heterocycles. The van der Waals surface area contributed by atoms with Gasteiger partial charge < -0.3 is 9.47 Å². The smallest absolute Gasteiger partial charge is 0.225 e. The van der Waals surface area contributed by atoms with E-state index in [-0.39, 0.29) is 11.8 Å². The molecule has 1 amide bonds. The van der Waals surface area contributed by atoms with Gasteiger partial charge in [-0.25, -0.2) is 0 Å². The summed E-state index contributed by atoms with van der Waals surface area (Å²) >= 11 is 0. The minimum Gasteiger partial charge on any atom is -0.353 e. The minimum absolute atomic E-state index is 0.0758. The summed E-state index contributed by atoms with van der Waals surface area (Å²) in [5.41, 5.74) is 1.18. The molecule has 0 aliphatic heterocycles. The number of amides is 1. The van der Waals surface area contributed by atoms with Gasteiger partial charge in [-0.3, -0.25) is 4.79 Å². The van der Waals surface area contributed by atoms with Crippen molar-refractivity contribution in [3.8, 4) is 0 Å². The van der Waals surface area contributed by atoms with Crippen LogP contribution in [-0.4, -0.2) is 21.9 Å². The van der Waals surface area contributed by atoms with Gasteiger partial charge in [0.25, 0.3) is 0 Å². The Morgan fingerprint density at radius 2 is 2.19 bits per heavy atom. The number of carbonyl (C=O) groups excluding carboxylic acids is 1. The first-order chi connectivity index (χ1) is 7.56. The van der Waals surface area contributed by atoms with Crippen molar-refractivity contribution in [3.05, 3.63) is 24.0 Å². The first kappa shape index (κ1) is 12.8. The predicted molar refractivity (Wildman–Crippen MR) is 66.0 cm³/mol. The second-order valence-corrected chi connectivity index (χ2v) is 4.52. The number of aryl methyl sites for hydroxylation is 1. The fourth-order valence-corrected chi connectivity index (χ4v) is 1.76. The SMILES string of the molecule is CCCN(Cc1cccn1C)C(=O)C(C)C. The number of carbonyl (C=O) groups is 1. The lowest BCUT2D eigenvalue weighted by atomic mass is 10.2. The van der Waals surface area contributed by atoms with Gasteiger partial charge >= 0.3 is 0 Å². The fourth-order valence-electron chi connectivity index (χ4n) is 1.76. The third-order valence-electron chi connectivity index (χ3n) is 2.70. The molecule has 0 radical (unpaired) electrons. The molecule has 1 heterocycles. The van der Waals surface area contributed by atoms with Gasteiger partial charge in [0.15, 0.2) is 0 Å². The maximum absolute atomic E-state index is 12.0. The van der Waals surface area contributed by atoms with Crippen molar-refractivity contribution in [1.29, 1.82) is 0 Å². The summed E-state index contributed by atoms with van der Waals surface area (Å²) in [4.78, 5) is 13.9. The summed E-state index contributed by atoms with van der Waals surface area (Å²) in [5.74, 6) is 0.315. The summed E-state index contributed by atoms with van der Waals surface area (Å²) in [6.45, 7) is 7.56. The maximum Gasteiger partial charge on any atom is 0.225 e. The largest absolute Gasteiger partial charge is 0.353 e. The molecule has 0 atom stereocenters. The van der Waals surface area contributed by atoms with Gasteiger partial charge in [-0.05, 0) is 18.6 Å². The van der Waals surface area contributed by atoms with Crippen molar-refractivity contribution in [2.24, 2.45) is 13.0 Å². The highest BCUT2D eigenvalue weighted by Gasteiger charge is 2.17. The molecule has 90 valence electrons. The van der Waals surface area contributed by atoms with Gasteiger partial charge in [0.1, 0.15) is 0 Å². The van der Waals surface area contributed by atoms with Crippen LogP contribution in [0.15, 0.2) is 18.3 Å². The minimum atomic E-state index is 0.0758. The average molecular weight is 222 g/mol. The molecule has 0 aliphatic carbocycles. The molecule has 0 bridgehead atoms. The van der Waals surface area contributed by atoms with E-state index < -0.39 is 0 Å². The van der Waals surface area contributed by atoms with Crippen molar-refractivity contribution >= 4 is 5.91 Å². The van der Waals surface area contributed by atoms with Crippen LogP contribution in [0, 0.1) is 5.92 Å². The number of hydrogen-bond donors (Lipinski definition) is 0. The van der Waals surface area contributed by atoms with E-state index in [1.165, 1.54) is 5.69 Å². The summed E-state index contributed by atoms with van der Waals surface area (Å²) in [6.07, 6.45) is 3.02. The lowest BCUT2D eigenvalue weighted by Gasteiger charge is -2.24. The second-order valence-electron chi connectivity index (χ2n) is 4.52. The first-order valence-corrected chi connectivity index (χ1v) is 5.95. The molecule has 0 aromatic carbocycles. The van der Waals surface area contributed by atoms with Gasteiger partial charge in [0, 0.05) is 31.4 Å². The standard InChI is InChI=1S/C13H22N2O/c1-5-8-15(13(16)11(2)3)10-12-7-6-9-14(12)4/h6-7,9,11H,5,8,10H2,1-4H3. The van der Waals surface area contributed by atoms with Crippen LogP contribution in [0.3, 0.4) is 0 Å². The van der Waals surface area contributed by atoms with Gasteiger partial charge in [-0.1, -0.05) is 20.8 Å². The highest BCUT2D eigenvalue weighted by atomic mass is 16.2. The Hall–Kier alpha value is -1.25. The Morgan fingerprint density at radius 1 is 1.50 bits per heavy atom. The van der Waals surface area contributed by atoms with Crippen LogP contribution in [0.1, 0.15) is 32.9 Å². The van der Waals surface area contributed by atoms with Crippen LogP contribution in [0.25, 0.3) is 0 Å². The molecule has 0 saturated carbocycles. The van der Waals surface area contributed by atoms with E-state index in [2.05, 4.69) is 17.6 Å². The molecule has 0 aliphatic rings. The summed E-state index contributed by atoms with van der Waals surface area (Å²) in [6, 6.07) is 4.08. The fraction of sp³-hybridized carbons (Fsp3) is 0.615. The molecule has 0 unspecified atom stereocenters. The predicted octanol–water partition coefficient (Wildman–Crippen LogP) is 2.42. The van der Waals surface area contributed by atoms with Crippen LogP contribution < -0.4 is 0 Å². The van der Waals surface area contributed by atoms with Crippen molar-refractivity contribution in [2.75, 3.05) is 6.54 Å². The molecule has 1 aromatic rings. The van der Waals surface area contributed by atoms with Gasteiger partial charge in [0.2, 0.25) is 5.91 Å². The number of aromatic nitrogens is 1. The van der Waals surface area contributed by atoms with Crippen LogP contribution in [0.5, 0.6) is 0 Å². The van der Waals surface area contributed by atoms with Crippen molar-refractivity contribution < 1.29 is 4.79 Å². The van der Waals surface area contributed by atoms with E-state index in [4.69, 9.17) is 0 Å². The molecule has 3 nitrogen and oxygen atoms in total. The van der Waals surface area contributed by atoms with E-state index in [1.807, 2.05) is 38.1 Å². The highest BCUT2D eigenvalue weighted by molar-refractivity contribution is 5.78. The molecule has 1 rings (SSSR count). The Kier molecular flexibility index (Phi) is 4.59. The van der Waals surface area contributed by atoms with Crippen LogP contribution in [0.4, 0.5) is 0 Å². The topological polar surface area (TPSA) is 25.2 Å². The van der Waals surface area contributed by atoms with Crippen LogP contribution >= 0.6 is 0 Å². The molecule has 16 heavy (non-hydrogen) atoms. The third-order valence-corrected chi connectivity index (χ3v) is 2.70. The Labute approximate surface area is 98.1 Å². The number of rotatable bonds is 5. The van der Waals surface area contributed by atoms with Gasteiger partial charge in [-0.15, -0.1) is 0 Å². The van der Waals surface area contributed by atoms with Crippen LogP contribution in [0.2, 0.25) is 0 Å². The average Bonchev–Trinajstić information content (AvgIpc) is 2.62. The lowest BCUT2D eigenvalue weighted by Crippen LogP contribution is -2.34. The van der Waals surface area contributed by atoms with Crippen molar-refractivity contribution in [1.82, 2.24) is 9.47 Å². The van der Waals surface area contributed by atoms with Crippen LogP contribution in [-0.2, 0) is 18.4 Å². The zero-order chi connectivity index (χ0) is 12.1. The molecule has 0 N–H and O–H groups in total. The molecule has 3 heteroatoms. The maximum atomic E-state index is 12.0. The lowest BCUT2D eigenvalue weighted by molar-refractivity contribution is -0.135.